The maximum atomic E-state index is 13.4. The summed E-state index contributed by atoms with van der Waals surface area (Å²) in [6.45, 7) is 11.3. The Balaban J connectivity index is 1.69. The van der Waals surface area contributed by atoms with E-state index in [1.54, 1.807) is 23.1 Å². The van der Waals surface area contributed by atoms with Gasteiger partial charge in [0.05, 0.1) is 11.6 Å². The van der Waals surface area contributed by atoms with Crippen LogP contribution in [-0.4, -0.2) is 52.8 Å². The average Bonchev–Trinajstić information content (AvgIpc) is 3.22. The molecule has 1 N–H and O–H groups in total. The molecule has 0 radical (unpaired) electrons. The summed E-state index contributed by atoms with van der Waals surface area (Å²) in [5.41, 5.74) is 4.47. The third-order valence-electron chi connectivity index (χ3n) is 7.48. The van der Waals surface area contributed by atoms with Gasteiger partial charge in [-0.2, -0.15) is 0 Å². The van der Waals surface area contributed by atoms with Crippen LogP contribution in [0.1, 0.15) is 54.6 Å². The third kappa shape index (κ3) is 6.23. The zero-order valence-corrected chi connectivity index (χ0v) is 23.3. The molecule has 0 aliphatic carbocycles. The minimum absolute atomic E-state index is 0.126. The van der Waals surface area contributed by atoms with E-state index in [2.05, 4.69) is 25.7 Å². The molecular formula is C33H38N2O4. The molecule has 1 heterocycles. The number of likely N-dealkylation sites (N-methyl/N-ethyl adjacent to an activating group) is 1. The van der Waals surface area contributed by atoms with Crippen molar-refractivity contribution in [2.45, 2.75) is 46.8 Å². The number of hydrogen-bond donors (Lipinski definition) is 1. The predicted octanol–water partition coefficient (Wildman–Crippen LogP) is 5.90. The minimum atomic E-state index is -0.654. The van der Waals surface area contributed by atoms with Gasteiger partial charge in [0.25, 0.3) is 11.7 Å². The second-order valence-electron chi connectivity index (χ2n) is 9.87. The molecule has 0 saturated carbocycles. The SMILES string of the molecule is CCc1ccc([C@@H]2C(=C(O)c3ccc(OCc4ccccc4)c(C)c3)C(=O)C(=O)N2CCN(CC)CC)cc1. The van der Waals surface area contributed by atoms with E-state index in [4.69, 9.17) is 4.74 Å². The van der Waals surface area contributed by atoms with Crippen LogP contribution < -0.4 is 4.74 Å². The highest BCUT2D eigenvalue weighted by molar-refractivity contribution is 6.46. The molecule has 0 bridgehead atoms. The van der Waals surface area contributed by atoms with Gasteiger partial charge < -0.3 is 19.6 Å². The number of carbonyl (C=O) groups excluding carboxylic acids is 2. The van der Waals surface area contributed by atoms with Gasteiger partial charge in [0, 0.05) is 18.7 Å². The lowest BCUT2D eigenvalue weighted by molar-refractivity contribution is -0.140. The summed E-state index contributed by atoms with van der Waals surface area (Å²) in [7, 11) is 0. The summed E-state index contributed by atoms with van der Waals surface area (Å²) < 4.78 is 5.99. The standard InChI is InChI=1S/C33H38N2O4/c1-5-24-13-15-26(16-14-24)30-29(32(37)33(38)35(30)20-19-34(6-2)7-3)31(36)27-17-18-28(23(4)21-27)39-22-25-11-9-8-10-12-25/h8-18,21,30,36H,5-7,19-20,22H2,1-4H3/t30-/m1/s1. The number of aryl methyl sites for hydroxylation is 2. The summed E-state index contributed by atoms with van der Waals surface area (Å²) in [5.74, 6) is -0.700. The van der Waals surface area contributed by atoms with Gasteiger partial charge >= 0.3 is 0 Å². The van der Waals surface area contributed by atoms with Crippen LogP contribution in [0, 0.1) is 6.92 Å². The van der Waals surface area contributed by atoms with Crippen LogP contribution in [-0.2, 0) is 22.6 Å². The number of ether oxygens (including phenoxy) is 1. The van der Waals surface area contributed by atoms with E-state index >= 15 is 0 Å². The zero-order chi connectivity index (χ0) is 27.9. The highest BCUT2D eigenvalue weighted by Gasteiger charge is 2.46. The fourth-order valence-electron chi connectivity index (χ4n) is 5.03. The highest BCUT2D eigenvalue weighted by Crippen LogP contribution is 2.40. The molecule has 0 unspecified atom stereocenters. The van der Waals surface area contributed by atoms with Gasteiger partial charge in [0.1, 0.15) is 18.1 Å². The Kier molecular flexibility index (Phi) is 9.20. The van der Waals surface area contributed by atoms with Crippen LogP contribution in [0.5, 0.6) is 5.75 Å². The first kappa shape index (κ1) is 28.1. The van der Waals surface area contributed by atoms with Crippen LogP contribution in [0.3, 0.4) is 0 Å². The summed E-state index contributed by atoms with van der Waals surface area (Å²) in [5, 5.41) is 11.5. The molecule has 1 fully saturated rings. The van der Waals surface area contributed by atoms with E-state index in [0.717, 1.165) is 36.2 Å². The van der Waals surface area contributed by atoms with E-state index in [9.17, 15) is 14.7 Å². The lowest BCUT2D eigenvalue weighted by atomic mass is 9.94. The molecule has 39 heavy (non-hydrogen) atoms. The number of benzene rings is 3. The van der Waals surface area contributed by atoms with Crippen LogP contribution in [0.4, 0.5) is 0 Å². The molecule has 1 saturated heterocycles. The first-order valence-corrected chi connectivity index (χ1v) is 13.7. The predicted molar refractivity (Wildman–Crippen MR) is 155 cm³/mol. The average molecular weight is 527 g/mol. The normalized spacial score (nSPS) is 16.7. The third-order valence-corrected chi connectivity index (χ3v) is 7.48. The molecule has 204 valence electrons. The van der Waals surface area contributed by atoms with Crippen molar-refractivity contribution in [2.24, 2.45) is 0 Å². The number of carbonyl (C=O) groups is 2. The maximum absolute atomic E-state index is 13.4. The van der Waals surface area contributed by atoms with Gasteiger partial charge in [0.15, 0.2) is 0 Å². The first-order valence-electron chi connectivity index (χ1n) is 13.7. The Morgan fingerprint density at radius 1 is 0.923 bits per heavy atom. The lowest BCUT2D eigenvalue weighted by Gasteiger charge is -2.28. The van der Waals surface area contributed by atoms with Crippen molar-refractivity contribution in [3.63, 3.8) is 0 Å². The number of aliphatic hydroxyl groups is 1. The number of likely N-dealkylation sites (tertiary alicyclic amines) is 1. The summed E-state index contributed by atoms with van der Waals surface area (Å²) in [4.78, 5) is 30.5. The molecule has 6 nitrogen and oxygen atoms in total. The fraction of sp³-hybridized carbons (Fsp3) is 0.333. The molecule has 0 spiro atoms. The Bertz CT molecular complexity index is 1330. The van der Waals surface area contributed by atoms with Gasteiger partial charge in [-0.25, -0.2) is 0 Å². The number of aliphatic hydroxyl groups excluding tert-OH is 1. The van der Waals surface area contributed by atoms with E-state index in [-0.39, 0.29) is 11.3 Å². The largest absolute Gasteiger partial charge is 0.507 e. The van der Waals surface area contributed by atoms with Gasteiger partial charge in [-0.05, 0) is 66.9 Å². The molecule has 1 atom stereocenters. The quantitative estimate of drug-likeness (QED) is 0.191. The van der Waals surface area contributed by atoms with Crippen LogP contribution in [0.25, 0.3) is 5.76 Å². The van der Waals surface area contributed by atoms with Gasteiger partial charge in [-0.1, -0.05) is 75.4 Å². The van der Waals surface area contributed by atoms with Crippen molar-refractivity contribution in [3.8, 4) is 5.75 Å². The lowest BCUT2D eigenvalue weighted by Crippen LogP contribution is -2.38. The molecule has 0 aromatic heterocycles. The van der Waals surface area contributed by atoms with E-state index in [0.29, 0.717) is 31.0 Å². The van der Waals surface area contributed by atoms with E-state index in [1.807, 2.05) is 61.5 Å². The number of amides is 1. The highest BCUT2D eigenvalue weighted by atomic mass is 16.5. The van der Waals surface area contributed by atoms with Crippen LogP contribution in [0.15, 0.2) is 78.4 Å². The molecule has 3 aromatic rings. The fourth-order valence-corrected chi connectivity index (χ4v) is 5.03. The number of rotatable bonds is 11. The van der Waals surface area contributed by atoms with Crippen molar-refractivity contribution in [1.82, 2.24) is 9.80 Å². The van der Waals surface area contributed by atoms with Crippen molar-refractivity contribution in [3.05, 3.63) is 106 Å². The summed E-state index contributed by atoms with van der Waals surface area (Å²) in [6, 6.07) is 22.5. The topological polar surface area (TPSA) is 70.1 Å². The Hall–Kier alpha value is -3.90. The van der Waals surface area contributed by atoms with Crippen molar-refractivity contribution < 1.29 is 19.4 Å². The molecule has 1 amide bonds. The Morgan fingerprint density at radius 3 is 2.23 bits per heavy atom. The van der Waals surface area contributed by atoms with Crippen molar-refractivity contribution in [2.75, 3.05) is 26.2 Å². The number of hydrogen-bond acceptors (Lipinski definition) is 5. The summed E-state index contributed by atoms with van der Waals surface area (Å²) >= 11 is 0. The van der Waals surface area contributed by atoms with E-state index in [1.165, 1.54) is 5.56 Å². The molecular weight excluding hydrogens is 488 g/mol. The minimum Gasteiger partial charge on any atom is -0.507 e. The maximum Gasteiger partial charge on any atom is 0.295 e. The molecule has 1 aliphatic rings. The van der Waals surface area contributed by atoms with Gasteiger partial charge in [-0.3, -0.25) is 9.59 Å². The Morgan fingerprint density at radius 2 is 1.62 bits per heavy atom. The summed E-state index contributed by atoms with van der Waals surface area (Å²) in [6.07, 6.45) is 0.889. The molecule has 1 aliphatic heterocycles. The van der Waals surface area contributed by atoms with Crippen molar-refractivity contribution in [1.29, 1.82) is 0 Å². The molecule has 3 aromatic carbocycles. The second-order valence-corrected chi connectivity index (χ2v) is 9.87. The van der Waals surface area contributed by atoms with Crippen molar-refractivity contribution >= 4 is 17.4 Å². The van der Waals surface area contributed by atoms with Crippen LogP contribution >= 0.6 is 0 Å². The Labute approximate surface area is 231 Å². The van der Waals surface area contributed by atoms with Gasteiger partial charge in [0.2, 0.25) is 0 Å². The molecule has 6 heteroatoms. The molecule has 4 rings (SSSR count). The first-order chi connectivity index (χ1) is 18.9. The number of nitrogens with zero attached hydrogens (tertiary/aromatic N) is 2. The van der Waals surface area contributed by atoms with Crippen LogP contribution in [0.2, 0.25) is 0 Å². The van der Waals surface area contributed by atoms with E-state index < -0.39 is 17.7 Å². The monoisotopic (exact) mass is 526 g/mol. The van der Waals surface area contributed by atoms with Gasteiger partial charge in [-0.15, -0.1) is 0 Å². The smallest absolute Gasteiger partial charge is 0.295 e. The zero-order valence-electron chi connectivity index (χ0n) is 23.3. The second kappa shape index (κ2) is 12.8. The number of ketones is 1. The number of Topliss-reactive ketones (excluding diaryl/α,β-unsaturated/α-hetero) is 1.